The molecule has 2 N–H and O–H groups in total. The van der Waals surface area contributed by atoms with Gasteiger partial charge in [0.1, 0.15) is 11.1 Å². The third-order valence-corrected chi connectivity index (χ3v) is 6.18. The van der Waals surface area contributed by atoms with Gasteiger partial charge in [0.25, 0.3) is 0 Å². The van der Waals surface area contributed by atoms with E-state index in [0.717, 1.165) is 48.1 Å². The van der Waals surface area contributed by atoms with Gasteiger partial charge >= 0.3 is 0 Å². The molecule has 114 valence electrons. The SMILES string of the molecule is CC1(c2nn3c(C4CCCO4)nnc3s2)CCCCC1N. The minimum atomic E-state index is -0.0303. The quantitative estimate of drug-likeness (QED) is 0.920. The highest BCUT2D eigenvalue weighted by Crippen LogP contribution is 2.40. The van der Waals surface area contributed by atoms with Gasteiger partial charge in [0.05, 0.1) is 0 Å². The van der Waals surface area contributed by atoms with Crippen LogP contribution in [-0.4, -0.2) is 32.5 Å². The minimum Gasteiger partial charge on any atom is -0.370 e. The number of nitrogens with zero attached hydrogens (tertiary/aromatic N) is 4. The van der Waals surface area contributed by atoms with E-state index in [1.54, 1.807) is 11.3 Å². The fourth-order valence-electron chi connectivity index (χ4n) is 3.47. The van der Waals surface area contributed by atoms with Crippen molar-refractivity contribution >= 4 is 16.3 Å². The number of fused-ring (bicyclic) bond motifs is 1. The lowest BCUT2D eigenvalue weighted by molar-refractivity contribution is 0.103. The molecule has 0 amide bonds. The van der Waals surface area contributed by atoms with E-state index < -0.39 is 0 Å². The topological polar surface area (TPSA) is 78.3 Å². The van der Waals surface area contributed by atoms with Crippen LogP contribution in [0.3, 0.4) is 0 Å². The largest absolute Gasteiger partial charge is 0.370 e. The normalized spacial score (nSPS) is 33.8. The molecule has 3 heterocycles. The smallest absolute Gasteiger partial charge is 0.234 e. The van der Waals surface area contributed by atoms with Crippen molar-refractivity contribution in [3.05, 3.63) is 10.8 Å². The van der Waals surface area contributed by atoms with Gasteiger partial charge in [-0.05, 0) is 25.7 Å². The first kappa shape index (κ1) is 13.6. The molecule has 1 aliphatic heterocycles. The van der Waals surface area contributed by atoms with Crippen LogP contribution in [0.5, 0.6) is 0 Å². The predicted octanol–water partition coefficient (Wildman–Crippen LogP) is 2.20. The summed E-state index contributed by atoms with van der Waals surface area (Å²) >= 11 is 1.63. The van der Waals surface area contributed by atoms with E-state index in [1.807, 2.05) is 4.52 Å². The van der Waals surface area contributed by atoms with Crippen LogP contribution in [0.15, 0.2) is 0 Å². The molecule has 3 atom stereocenters. The number of hydrogen-bond acceptors (Lipinski definition) is 6. The standard InChI is InChI=1S/C14H21N5OS/c1-14(7-3-2-6-10(14)15)12-18-19-11(9-5-4-8-20-9)16-17-13(19)21-12/h9-10H,2-8,15H2,1H3. The Labute approximate surface area is 127 Å². The first-order valence-electron chi connectivity index (χ1n) is 7.78. The minimum absolute atomic E-state index is 0.0303. The van der Waals surface area contributed by atoms with E-state index in [9.17, 15) is 0 Å². The maximum atomic E-state index is 6.39. The van der Waals surface area contributed by atoms with Crippen LogP contribution in [0.4, 0.5) is 0 Å². The van der Waals surface area contributed by atoms with E-state index in [2.05, 4.69) is 17.1 Å². The molecule has 0 aromatic carbocycles. The summed E-state index contributed by atoms with van der Waals surface area (Å²) in [6, 6.07) is 0.182. The Morgan fingerprint density at radius 1 is 1.29 bits per heavy atom. The van der Waals surface area contributed by atoms with E-state index in [1.165, 1.54) is 12.8 Å². The molecular formula is C14H21N5OS. The number of ether oxygens (including phenoxy) is 1. The van der Waals surface area contributed by atoms with Crippen molar-refractivity contribution < 1.29 is 4.74 Å². The Hall–Kier alpha value is -1.05. The van der Waals surface area contributed by atoms with Crippen molar-refractivity contribution in [2.45, 2.75) is 63.0 Å². The number of aromatic nitrogens is 4. The number of nitrogens with two attached hydrogens (primary N) is 1. The molecule has 1 saturated carbocycles. The summed E-state index contributed by atoms with van der Waals surface area (Å²) in [6.45, 7) is 3.05. The van der Waals surface area contributed by atoms with Crippen molar-refractivity contribution in [3.8, 4) is 0 Å². The van der Waals surface area contributed by atoms with Crippen LogP contribution in [0, 0.1) is 0 Å². The molecule has 2 aromatic heterocycles. The van der Waals surface area contributed by atoms with Crippen LogP contribution < -0.4 is 5.73 Å². The maximum absolute atomic E-state index is 6.39. The highest BCUT2D eigenvalue weighted by Gasteiger charge is 2.39. The van der Waals surface area contributed by atoms with Crippen molar-refractivity contribution in [2.75, 3.05) is 6.61 Å². The highest BCUT2D eigenvalue weighted by molar-refractivity contribution is 7.16. The van der Waals surface area contributed by atoms with E-state index >= 15 is 0 Å². The Kier molecular flexibility index (Phi) is 3.24. The van der Waals surface area contributed by atoms with Crippen LogP contribution in [0.2, 0.25) is 0 Å². The van der Waals surface area contributed by atoms with Gasteiger partial charge in [-0.2, -0.15) is 9.61 Å². The zero-order valence-corrected chi connectivity index (χ0v) is 13.1. The molecule has 7 heteroatoms. The second-order valence-corrected chi connectivity index (χ2v) is 7.39. The van der Waals surface area contributed by atoms with Gasteiger partial charge in [0.2, 0.25) is 4.96 Å². The van der Waals surface area contributed by atoms with Gasteiger partial charge in [-0.25, -0.2) is 0 Å². The molecular weight excluding hydrogens is 286 g/mol. The number of rotatable bonds is 2. The lowest BCUT2D eigenvalue weighted by atomic mass is 9.72. The van der Waals surface area contributed by atoms with Crippen molar-refractivity contribution in [1.82, 2.24) is 19.8 Å². The van der Waals surface area contributed by atoms with E-state index in [0.29, 0.717) is 0 Å². The van der Waals surface area contributed by atoms with Gasteiger partial charge in [-0.15, -0.1) is 10.2 Å². The van der Waals surface area contributed by atoms with Gasteiger partial charge in [-0.1, -0.05) is 31.1 Å². The summed E-state index contributed by atoms with van der Waals surface area (Å²) < 4.78 is 7.60. The summed E-state index contributed by atoms with van der Waals surface area (Å²) in [5, 5.41) is 14.5. The van der Waals surface area contributed by atoms with E-state index in [-0.39, 0.29) is 17.6 Å². The van der Waals surface area contributed by atoms with Crippen LogP contribution >= 0.6 is 11.3 Å². The van der Waals surface area contributed by atoms with Gasteiger partial charge in [0, 0.05) is 18.1 Å². The summed E-state index contributed by atoms with van der Waals surface area (Å²) in [7, 11) is 0. The molecule has 1 saturated heterocycles. The van der Waals surface area contributed by atoms with Crippen LogP contribution in [0.25, 0.3) is 4.96 Å². The van der Waals surface area contributed by atoms with Crippen LogP contribution in [0.1, 0.15) is 62.4 Å². The summed E-state index contributed by atoms with van der Waals surface area (Å²) in [5.74, 6) is 0.845. The molecule has 0 bridgehead atoms. The van der Waals surface area contributed by atoms with Gasteiger partial charge in [-0.3, -0.25) is 0 Å². The van der Waals surface area contributed by atoms with Crippen molar-refractivity contribution in [3.63, 3.8) is 0 Å². The van der Waals surface area contributed by atoms with Crippen LogP contribution in [-0.2, 0) is 10.2 Å². The monoisotopic (exact) mass is 307 g/mol. The second-order valence-electron chi connectivity index (χ2n) is 6.43. The molecule has 2 aromatic rings. The highest BCUT2D eigenvalue weighted by atomic mass is 32.1. The summed E-state index contributed by atoms with van der Waals surface area (Å²) in [6.07, 6.45) is 6.76. The molecule has 3 unspecified atom stereocenters. The maximum Gasteiger partial charge on any atom is 0.234 e. The van der Waals surface area contributed by atoms with E-state index in [4.69, 9.17) is 15.6 Å². The molecule has 2 fully saturated rings. The summed E-state index contributed by atoms with van der Waals surface area (Å²) in [5.41, 5.74) is 6.36. The predicted molar refractivity (Wildman–Crippen MR) is 80.4 cm³/mol. The average molecular weight is 307 g/mol. The van der Waals surface area contributed by atoms with Gasteiger partial charge < -0.3 is 10.5 Å². The molecule has 1 aliphatic carbocycles. The van der Waals surface area contributed by atoms with Crippen molar-refractivity contribution in [2.24, 2.45) is 5.73 Å². The lowest BCUT2D eigenvalue weighted by Gasteiger charge is -2.37. The first-order chi connectivity index (χ1) is 10.2. The Morgan fingerprint density at radius 3 is 2.95 bits per heavy atom. The lowest BCUT2D eigenvalue weighted by Crippen LogP contribution is -2.45. The third kappa shape index (κ3) is 2.10. The first-order valence-corrected chi connectivity index (χ1v) is 8.60. The van der Waals surface area contributed by atoms with Crippen molar-refractivity contribution in [1.29, 1.82) is 0 Å². The Bertz CT molecular complexity index is 647. The zero-order valence-electron chi connectivity index (χ0n) is 12.3. The summed E-state index contributed by atoms with van der Waals surface area (Å²) in [4.78, 5) is 0.856. The molecule has 2 aliphatic rings. The number of hydrogen-bond donors (Lipinski definition) is 1. The average Bonchev–Trinajstić information content (AvgIpc) is 3.16. The Morgan fingerprint density at radius 2 is 2.19 bits per heavy atom. The second kappa shape index (κ2) is 5.00. The Balaban J connectivity index is 1.73. The molecule has 0 spiro atoms. The fourth-order valence-corrected chi connectivity index (χ4v) is 4.56. The van der Waals surface area contributed by atoms with Gasteiger partial charge in [0.15, 0.2) is 5.82 Å². The fraction of sp³-hybridized carbons (Fsp3) is 0.786. The third-order valence-electron chi connectivity index (χ3n) is 5.00. The zero-order chi connectivity index (χ0) is 14.4. The molecule has 21 heavy (non-hydrogen) atoms. The molecule has 6 nitrogen and oxygen atoms in total. The molecule has 0 radical (unpaired) electrons. The molecule has 4 rings (SSSR count).